The first-order valence-corrected chi connectivity index (χ1v) is 10.2. The third-order valence-electron chi connectivity index (χ3n) is 5.49. The quantitative estimate of drug-likeness (QED) is 0.605. The molecule has 2 saturated heterocycles. The predicted octanol–water partition coefficient (Wildman–Crippen LogP) is -0.253. The van der Waals surface area contributed by atoms with E-state index in [1.807, 2.05) is 4.90 Å². The average molecular weight is 393 g/mol. The highest BCUT2D eigenvalue weighted by Gasteiger charge is 2.27. The lowest BCUT2D eigenvalue weighted by Gasteiger charge is -2.37. The molecule has 0 spiro atoms. The number of carbonyl (C=O) groups is 3. The molecule has 2 fully saturated rings. The smallest absolute Gasteiger partial charge is 0.337 e. The van der Waals surface area contributed by atoms with Gasteiger partial charge in [-0.1, -0.05) is 0 Å². The van der Waals surface area contributed by atoms with Crippen molar-refractivity contribution in [2.24, 2.45) is 0 Å². The van der Waals surface area contributed by atoms with Crippen LogP contribution in [-0.4, -0.2) is 98.1 Å². The van der Waals surface area contributed by atoms with Gasteiger partial charge in [-0.3, -0.25) is 14.6 Å². The molecule has 3 aliphatic heterocycles. The standard InChI is InChI=1S/C19H31N5O4/c1-2-28-18(26)15-12-20-19(27)21-16(15)13-22-8-10-23(11-9-22)14-17(25)24-6-4-3-5-7-24/h2-14H2,1H3,(H2,20,21,27). The van der Waals surface area contributed by atoms with Gasteiger partial charge >= 0.3 is 12.0 Å². The number of ether oxygens (including phenoxy) is 1. The number of urea groups is 1. The van der Waals surface area contributed by atoms with Gasteiger partial charge in [-0.05, 0) is 26.2 Å². The lowest BCUT2D eigenvalue weighted by molar-refractivity contribution is -0.138. The number of hydrogen-bond acceptors (Lipinski definition) is 6. The van der Waals surface area contributed by atoms with Gasteiger partial charge in [-0.15, -0.1) is 0 Å². The Morgan fingerprint density at radius 2 is 1.68 bits per heavy atom. The van der Waals surface area contributed by atoms with Gasteiger partial charge in [0.1, 0.15) is 0 Å². The molecule has 0 aromatic carbocycles. The van der Waals surface area contributed by atoms with Crippen molar-refractivity contribution in [3.8, 4) is 0 Å². The molecule has 0 saturated carbocycles. The molecule has 2 N–H and O–H groups in total. The van der Waals surface area contributed by atoms with E-state index in [-0.39, 0.29) is 18.5 Å². The molecule has 3 rings (SSSR count). The van der Waals surface area contributed by atoms with Crippen molar-refractivity contribution >= 4 is 17.9 Å². The zero-order valence-corrected chi connectivity index (χ0v) is 16.7. The third-order valence-corrected chi connectivity index (χ3v) is 5.49. The number of amides is 3. The van der Waals surface area contributed by atoms with Crippen LogP contribution >= 0.6 is 0 Å². The molecule has 3 aliphatic rings. The van der Waals surface area contributed by atoms with Crippen LogP contribution in [0.15, 0.2) is 11.3 Å². The molecule has 9 nitrogen and oxygen atoms in total. The van der Waals surface area contributed by atoms with Crippen molar-refractivity contribution in [3.05, 3.63) is 11.3 Å². The summed E-state index contributed by atoms with van der Waals surface area (Å²) in [6.45, 7) is 8.16. The lowest BCUT2D eigenvalue weighted by Crippen LogP contribution is -2.53. The van der Waals surface area contributed by atoms with Gasteiger partial charge in [0, 0.05) is 51.5 Å². The van der Waals surface area contributed by atoms with E-state index in [9.17, 15) is 14.4 Å². The largest absolute Gasteiger partial charge is 0.463 e. The monoisotopic (exact) mass is 393 g/mol. The summed E-state index contributed by atoms with van der Waals surface area (Å²) in [4.78, 5) is 42.6. The van der Waals surface area contributed by atoms with E-state index in [0.29, 0.717) is 31.0 Å². The second-order valence-electron chi connectivity index (χ2n) is 7.48. The first-order chi connectivity index (χ1) is 13.6. The number of nitrogens with one attached hydrogen (secondary N) is 2. The van der Waals surface area contributed by atoms with E-state index in [0.717, 1.165) is 52.1 Å². The Hall–Kier alpha value is -2.13. The Bertz CT molecular complexity index is 622. The van der Waals surface area contributed by atoms with Crippen LogP contribution in [-0.2, 0) is 14.3 Å². The molecule has 0 aromatic heterocycles. The van der Waals surface area contributed by atoms with Crippen LogP contribution in [0.3, 0.4) is 0 Å². The van der Waals surface area contributed by atoms with Crippen molar-refractivity contribution in [1.29, 1.82) is 0 Å². The van der Waals surface area contributed by atoms with Gasteiger partial charge in [0.25, 0.3) is 0 Å². The van der Waals surface area contributed by atoms with Crippen LogP contribution in [0, 0.1) is 0 Å². The fourth-order valence-electron chi connectivity index (χ4n) is 3.84. The topological polar surface area (TPSA) is 94.2 Å². The van der Waals surface area contributed by atoms with Gasteiger partial charge < -0.3 is 20.3 Å². The van der Waals surface area contributed by atoms with Crippen molar-refractivity contribution in [2.45, 2.75) is 26.2 Å². The van der Waals surface area contributed by atoms with E-state index >= 15 is 0 Å². The summed E-state index contributed by atoms with van der Waals surface area (Å²) < 4.78 is 5.10. The first kappa shape index (κ1) is 20.6. The van der Waals surface area contributed by atoms with E-state index in [1.54, 1.807) is 6.92 Å². The number of rotatable bonds is 6. The zero-order valence-electron chi connectivity index (χ0n) is 16.7. The van der Waals surface area contributed by atoms with E-state index in [1.165, 1.54) is 6.42 Å². The summed E-state index contributed by atoms with van der Waals surface area (Å²) in [5, 5.41) is 5.37. The molecule has 0 unspecified atom stereocenters. The summed E-state index contributed by atoms with van der Waals surface area (Å²) >= 11 is 0. The van der Waals surface area contributed by atoms with Gasteiger partial charge in [-0.25, -0.2) is 9.59 Å². The average Bonchev–Trinajstić information content (AvgIpc) is 2.70. The highest BCUT2D eigenvalue weighted by molar-refractivity contribution is 5.93. The number of hydrogen-bond donors (Lipinski definition) is 2. The Morgan fingerprint density at radius 1 is 1.00 bits per heavy atom. The molecule has 0 bridgehead atoms. The summed E-state index contributed by atoms with van der Waals surface area (Å²) in [7, 11) is 0. The van der Waals surface area contributed by atoms with E-state index < -0.39 is 5.97 Å². The molecule has 3 heterocycles. The molecule has 3 amide bonds. The minimum Gasteiger partial charge on any atom is -0.463 e. The number of piperidine rings is 1. The van der Waals surface area contributed by atoms with Crippen molar-refractivity contribution in [2.75, 3.05) is 65.5 Å². The molecule has 0 atom stereocenters. The van der Waals surface area contributed by atoms with Crippen molar-refractivity contribution in [3.63, 3.8) is 0 Å². The van der Waals surface area contributed by atoms with Crippen molar-refractivity contribution in [1.82, 2.24) is 25.3 Å². The Kier molecular flexibility index (Phi) is 7.27. The van der Waals surface area contributed by atoms with Crippen LogP contribution in [0.5, 0.6) is 0 Å². The molecule has 0 aromatic rings. The second kappa shape index (κ2) is 9.88. The van der Waals surface area contributed by atoms with Crippen LogP contribution in [0.25, 0.3) is 0 Å². The molecular formula is C19H31N5O4. The normalized spacial score (nSPS) is 21.9. The van der Waals surface area contributed by atoms with Gasteiger partial charge in [0.15, 0.2) is 0 Å². The molecule has 9 heteroatoms. The second-order valence-corrected chi connectivity index (χ2v) is 7.48. The Balaban J connectivity index is 1.50. The zero-order chi connectivity index (χ0) is 19.9. The summed E-state index contributed by atoms with van der Waals surface area (Å²) in [6.07, 6.45) is 3.44. The maximum atomic E-state index is 12.4. The third kappa shape index (κ3) is 5.45. The van der Waals surface area contributed by atoms with Crippen LogP contribution in [0.1, 0.15) is 26.2 Å². The SMILES string of the molecule is CCOC(=O)C1=C(CN2CCN(CC(=O)N3CCCCC3)CC2)NC(=O)NC1. The van der Waals surface area contributed by atoms with Crippen LogP contribution in [0.2, 0.25) is 0 Å². The predicted molar refractivity (Wildman–Crippen MR) is 104 cm³/mol. The molecular weight excluding hydrogens is 362 g/mol. The number of carbonyl (C=O) groups excluding carboxylic acids is 3. The maximum absolute atomic E-state index is 12.4. The van der Waals surface area contributed by atoms with Gasteiger partial charge in [-0.2, -0.15) is 0 Å². The molecule has 156 valence electrons. The summed E-state index contributed by atoms with van der Waals surface area (Å²) in [5.41, 5.74) is 1.09. The number of esters is 1. The molecule has 0 aliphatic carbocycles. The number of nitrogens with zero attached hydrogens (tertiary/aromatic N) is 3. The Morgan fingerprint density at radius 3 is 2.36 bits per heavy atom. The van der Waals surface area contributed by atoms with E-state index in [4.69, 9.17) is 4.74 Å². The van der Waals surface area contributed by atoms with Gasteiger partial charge in [0.2, 0.25) is 5.91 Å². The number of piperazine rings is 1. The maximum Gasteiger partial charge on any atom is 0.337 e. The Labute approximate surface area is 166 Å². The highest BCUT2D eigenvalue weighted by Crippen LogP contribution is 2.13. The van der Waals surface area contributed by atoms with Crippen LogP contribution < -0.4 is 10.6 Å². The highest BCUT2D eigenvalue weighted by atomic mass is 16.5. The first-order valence-electron chi connectivity index (χ1n) is 10.2. The fraction of sp³-hybridized carbons (Fsp3) is 0.737. The van der Waals surface area contributed by atoms with E-state index in [2.05, 4.69) is 20.4 Å². The fourth-order valence-corrected chi connectivity index (χ4v) is 3.84. The van der Waals surface area contributed by atoms with Crippen LogP contribution in [0.4, 0.5) is 4.79 Å². The lowest BCUT2D eigenvalue weighted by atomic mass is 10.1. The number of likely N-dealkylation sites (tertiary alicyclic amines) is 1. The van der Waals surface area contributed by atoms with Crippen molar-refractivity contribution < 1.29 is 19.1 Å². The summed E-state index contributed by atoms with van der Waals surface area (Å²) in [6, 6.07) is -0.297. The molecule has 0 radical (unpaired) electrons. The minimum atomic E-state index is -0.393. The minimum absolute atomic E-state index is 0.185. The summed E-state index contributed by atoms with van der Waals surface area (Å²) in [5.74, 6) is -0.165. The van der Waals surface area contributed by atoms with Gasteiger partial charge in [0.05, 0.1) is 25.3 Å². The molecule has 28 heavy (non-hydrogen) atoms.